The molecule has 1 heterocycles. The fraction of sp³-hybridized carbons (Fsp3) is 0.786. The highest BCUT2D eigenvalue weighted by Crippen LogP contribution is 2.09. The monoisotopic (exact) mass is 315 g/mol. The molecule has 0 aliphatic carbocycles. The maximum atomic E-state index is 11.6. The summed E-state index contributed by atoms with van der Waals surface area (Å²) < 4.78 is 15.1. The molecule has 1 atom stereocenters. The molecule has 22 heavy (non-hydrogen) atoms. The van der Waals surface area contributed by atoms with Gasteiger partial charge in [0, 0.05) is 0 Å². The molecule has 0 saturated heterocycles. The molecule has 1 aliphatic heterocycles. The van der Waals surface area contributed by atoms with Gasteiger partial charge in [-0.1, -0.05) is 0 Å². The Labute approximate surface area is 130 Å². The fourth-order valence-electron chi connectivity index (χ4n) is 1.50. The number of nitrogens with one attached hydrogen (secondary N) is 2. The van der Waals surface area contributed by atoms with Crippen molar-refractivity contribution in [2.75, 3.05) is 13.2 Å². The number of carbonyl (C=O) groups is 2. The molecule has 1 rings (SSSR count). The molecule has 0 aromatic heterocycles. The first-order valence-corrected chi connectivity index (χ1v) is 7.11. The predicted octanol–water partition coefficient (Wildman–Crippen LogP) is 1.79. The van der Waals surface area contributed by atoms with Crippen molar-refractivity contribution in [3.63, 3.8) is 0 Å². The Kier molecular flexibility index (Phi) is 5.62. The van der Waals surface area contributed by atoms with Gasteiger partial charge in [0.15, 0.2) is 0 Å². The molecule has 1 aliphatic rings. The van der Waals surface area contributed by atoms with E-state index in [9.17, 15) is 9.59 Å². The first-order valence-electron chi connectivity index (χ1n) is 7.11. The van der Waals surface area contributed by atoms with Gasteiger partial charge in [-0.15, -0.1) is 0 Å². The largest absolute Gasteiger partial charge is 0.508 e. The molecule has 2 N–H and O–H groups in total. The lowest BCUT2D eigenvalue weighted by Gasteiger charge is -2.20. The third kappa shape index (κ3) is 7.70. The van der Waals surface area contributed by atoms with E-state index in [2.05, 4.69) is 15.6 Å². The molecule has 0 bridgehead atoms. The Morgan fingerprint density at radius 2 is 1.77 bits per heavy atom. The van der Waals surface area contributed by atoms with Crippen LogP contribution in [0.5, 0.6) is 0 Å². The maximum Gasteiger partial charge on any atom is 0.508 e. The molecule has 0 spiro atoms. The van der Waals surface area contributed by atoms with Gasteiger partial charge >= 0.3 is 12.2 Å². The Morgan fingerprint density at radius 3 is 2.32 bits per heavy atom. The second kappa shape index (κ2) is 6.85. The first-order chi connectivity index (χ1) is 9.94. The van der Waals surface area contributed by atoms with Crippen molar-refractivity contribution in [3.05, 3.63) is 0 Å². The average Bonchev–Trinajstić information content (AvgIpc) is 2.68. The zero-order valence-electron chi connectivity index (χ0n) is 14.0. The van der Waals surface area contributed by atoms with Gasteiger partial charge in [-0.3, -0.25) is 10.3 Å². The predicted molar refractivity (Wildman–Crippen MR) is 80.8 cm³/mol. The number of hydrogen-bond acceptors (Lipinski definition) is 7. The third-order valence-corrected chi connectivity index (χ3v) is 2.22. The van der Waals surface area contributed by atoms with E-state index in [1.807, 2.05) is 0 Å². The van der Waals surface area contributed by atoms with Crippen molar-refractivity contribution in [3.8, 4) is 0 Å². The van der Waals surface area contributed by atoms with Gasteiger partial charge < -0.3 is 19.5 Å². The summed E-state index contributed by atoms with van der Waals surface area (Å²) in [6.07, 6.45) is -1.32. The van der Waals surface area contributed by atoms with Gasteiger partial charge in [0.25, 0.3) is 0 Å². The van der Waals surface area contributed by atoms with E-state index in [1.165, 1.54) is 0 Å². The SMILES string of the molecule is CC(C)(C)OC(=O)NC1=NC[C@@H](COC(=O)OC(C)(C)C)N1. The number of alkyl carbamates (subject to hydrolysis) is 1. The number of aliphatic imine (C=N–C) groups is 1. The van der Waals surface area contributed by atoms with Crippen LogP contribution in [0.1, 0.15) is 41.5 Å². The highest BCUT2D eigenvalue weighted by Gasteiger charge is 2.24. The van der Waals surface area contributed by atoms with Gasteiger partial charge in [-0.05, 0) is 41.5 Å². The normalized spacial score (nSPS) is 18.1. The van der Waals surface area contributed by atoms with E-state index in [-0.39, 0.29) is 12.6 Å². The number of amides is 1. The lowest BCUT2D eigenvalue weighted by Crippen LogP contribution is -2.45. The summed E-state index contributed by atoms with van der Waals surface area (Å²) >= 11 is 0. The van der Waals surface area contributed by atoms with E-state index in [1.54, 1.807) is 41.5 Å². The van der Waals surface area contributed by atoms with Crippen LogP contribution in [0, 0.1) is 0 Å². The molecule has 1 amide bonds. The lowest BCUT2D eigenvalue weighted by molar-refractivity contribution is -0.00943. The van der Waals surface area contributed by atoms with Crippen LogP contribution in [-0.4, -0.2) is 48.6 Å². The van der Waals surface area contributed by atoms with Crippen LogP contribution in [0.3, 0.4) is 0 Å². The molecule has 0 unspecified atom stereocenters. The number of carbonyl (C=O) groups excluding carboxylic acids is 2. The van der Waals surface area contributed by atoms with Crippen LogP contribution < -0.4 is 10.6 Å². The number of guanidine groups is 1. The van der Waals surface area contributed by atoms with Gasteiger partial charge in [-0.2, -0.15) is 0 Å². The summed E-state index contributed by atoms with van der Waals surface area (Å²) in [6.45, 7) is 11.1. The molecule has 0 saturated carbocycles. The second-order valence-corrected chi connectivity index (χ2v) is 6.93. The summed E-state index contributed by atoms with van der Waals surface area (Å²) in [6, 6.07) is -0.211. The molecule has 8 nitrogen and oxygen atoms in total. The maximum absolute atomic E-state index is 11.6. The van der Waals surface area contributed by atoms with E-state index in [0.29, 0.717) is 12.5 Å². The van der Waals surface area contributed by atoms with Crippen molar-refractivity contribution in [2.45, 2.75) is 58.8 Å². The average molecular weight is 315 g/mol. The number of hydrogen-bond donors (Lipinski definition) is 2. The van der Waals surface area contributed by atoms with Gasteiger partial charge in [-0.25, -0.2) is 9.59 Å². The summed E-state index contributed by atoms with van der Waals surface area (Å²) in [7, 11) is 0. The smallest absolute Gasteiger partial charge is 0.444 e. The summed E-state index contributed by atoms with van der Waals surface area (Å²) in [5.41, 5.74) is -1.18. The Bertz CT molecular complexity index is 448. The van der Waals surface area contributed by atoms with Crippen molar-refractivity contribution in [1.82, 2.24) is 10.6 Å². The van der Waals surface area contributed by atoms with Crippen molar-refractivity contribution >= 4 is 18.2 Å². The zero-order chi connectivity index (χ0) is 17.0. The minimum Gasteiger partial charge on any atom is -0.444 e. The zero-order valence-corrected chi connectivity index (χ0v) is 14.0. The lowest BCUT2D eigenvalue weighted by atomic mass is 10.2. The van der Waals surface area contributed by atoms with E-state index in [0.717, 1.165) is 0 Å². The molecule has 0 radical (unpaired) electrons. The molecule has 0 aromatic rings. The molecule has 126 valence electrons. The summed E-state index contributed by atoms with van der Waals surface area (Å²) in [4.78, 5) is 27.1. The number of rotatable bonds is 2. The fourth-order valence-corrected chi connectivity index (χ4v) is 1.50. The summed E-state index contributed by atoms with van der Waals surface area (Å²) in [5.74, 6) is 0.298. The topological polar surface area (TPSA) is 98.3 Å². The highest BCUT2D eigenvalue weighted by atomic mass is 16.7. The van der Waals surface area contributed by atoms with Gasteiger partial charge in [0.1, 0.15) is 17.8 Å². The van der Waals surface area contributed by atoms with Crippen molar-refractivity contribution in [2.24, 2.45) is 4.99 Å². The van der Waals surface area contributed by atoms with E-state index >= 15 is 0 Å². The Hall–Kier alpha value is -1.99. The summed E-state index contributed by atoms with van der Waals surface area (Å²) in [5, 5.41) is 5.43. The van der Waals surface area contributed by atoms with Gasteiger partial charge in [0.05, 0.1) is 12.6 Å². The Balaban J connectivity index is 2.28. The standard InChI is InChI=1S/C14H25N3O5/c1-13(2,3)21-11(18)17-10-15-7-9(16-10)8-20-12(19)22-14(4,5)6/h9H,7-8H2,1-6H3,(H2,15,16,17,18)/t9-/m0/s1. The van der Waals surface area contributed by atoms with Crippen LogP contribution in [0.25, 0.3) is 0 Å². The van der Waals surface area contributed by atoms with Crippen LogP contribution >= 0.6 is 0 Å². The number of nitrogens with zero attached hydrogens (tertiary/aromatic N) is 1. The quantitative estimate of drug-likeness (QED) is 0.754. The van der Waals surface area contributed by atoms with Crippen LogP contribution in [-0.2, 0) is 14.2 Å². The number of ether oxygens (including phenoxy) is 3. The Morgan fingerprint density at radius 1 is 1.18 bits per heavy atom. The van der Waals surface area contributed by atoms with Crippen molar-refractivity contribution in [1.29, 1.82) is 0 Å². The minimum atomic E-state index is -0.733. The molecule has 0 aromatic carbocycles. The molecule has 0 fully saturated rings. The van der Waals surface area contributed by atoms with Crippen LogP contribution in [0.4, 0.5) is 9.59 Å². The molecule has 8 heteroatoms. The third-order valence-electron chi connectivity index (χ3n) is 2.22. The van der Waals surface area contributed by atoms with E-state index in [4.69, 9.17) is 14.2 Å². The molecular formula is C14H25N3O5. The highest BCUT2D eigenvalue weighted by molar-refractivity contribution is 5.95. The van der Waals surface area contributed by atoms with Gasteiger partial charge in [0.2, 0.25) is 5.96 Å². The van der Waals surface area contributed by atoms with Crippen LogP contribution in [0.2, 0.25) is 0 Å². The van der Waals surface area contributed by atoms with E-state index < -0.39 is 23.5 Å². The van der Waals surface area contributed by atoms with Crippen LogP contribution in [0.15, 0.2) is 4.99 Å². The van der Waals surface area contributed by atoms with Crippen molar-refractivity contribution < 1.29 is 23.8 Å². The first kappa shape index (κ1) is 18.1. The second-order valence-electron chi connectivity index (χ2n) is 6.93. The molecular weight excluding hydrogens is 290 g/mol. The minimum absolute atomic E-state index is 0.0952.